The number of aryl methyl sites for hydroxylation is 1. The van der Waals surface area contributed by atoms with Gasteiger partial charge in [0.05, 0.1) is 5.69 Å². The molecule has 0 unspecified atom stereocenters. The predicted octanol–water partition coefficient (Wildman–Crippen LogP) is 1.89. The lowest BCUT2D eigenvalue weighted by molar-refractivity contribution is -0.133. The van der Waals surface area contributed by atoms with Gasteiger partial charge in [0.1, 0.15) is 5.75 Å². The summed E-state index contributed by atoms with van der Waals surface area (Å²) >= 11 is 0. The van der Waals surface area contributed by atoms with Gasteiger partial charge in [-0.05, 0) is 45.7 Å². The van der Waals surface area contributed by atoms with Crippen molar-refractivity contribution in [2.45, 2.75) is 52.2 Å². The number of carbonyl (C=O) groups excluding carboxylic acids is 1. The highest BCUT2D eigenvalue weighted by Crippen LogP contribution is 2.22. The maximum absolute atomic E-state index is 12.0. The number of carbonyl (C=O) groups is 1. The second-order valence-electron chi connectivity index (χ2n) is 5.94. The molecule has 0 radical (unpaired) electrons. The standard InChI is InChI=1S/C16H25N3O2/c1-11(2)19(4)16(20)10-21-15-8-5-12(3)18-14(15)9-17-13-6-7-13/h5,8,11,13,17H,6-7,9-10H2,1-4H3. The first-order valence-electron chi connectivity index (χ1n) is 7.55. The maximum Gasteiger partial charge on any atom is 0.260 e. The summed E-state index contributed by atoms with van der Waals surface area (Å²) in [5, 5.41) is 3.43. The van der Waals surface area contributed by atoms with E-state index in [0.717, 1.165) is 11.4 Å². The normalized spacial score (nSPS) is 14.3. The highest BCUT2D eigenvalue weighted by Gasteiger charge is 2.21. The van der Waals surface area contributed by atoms with Crippen LogP contribution in [0.4, 0.5) is 0 Å². The molecule has 0 aliphatic heterocycles. The second kappa shape index (κ2) is 6.89. The van der Waals surface area contributed by atoms with Crippen LogP contribution in [-0.4, -0.2) is 41.5 Å². The number of nitrogens with one attached hydrogen (secondary N) is 1. The van der Waals surface area contributed by atoms with Gasteiger partial charge in [-0.25, -0.2) is 0 Å². The van der Waals surface area contributed by atoms with E-state index in [1.807, 2.05) is 32.9 Å². The Kier molecular flexibility index (Phi) is 5.17. The highest BCUT2D eigenvalue weighted by molar-refractivity contribution is 5.77. The van der Waals surface area contributed by atoms with E-state index in [1.165, 1.54) is 12.8 Å². The van der Waals surface area contributed by atoms with E-state index in [9.17, 15) is 4.79 Å². The first kappa shape index (κ1) is 15.8. The van der Waals surface area contributed by atoms with Gasteiger partial charge in [0.25, 0.3) is 5.91 Å². The summed E-state index contributed by atoms with van der Waals surface area (Å²) in [5.41, 5.74) is 1.84. The summed E-state index contributed by atoms with van der Waals surface area (Å²) in [4.78, 5) is 18.2. The zero-order valence-corrected chi connectivity index (χ0v) is 13.3. The molecular formula is C16H25N3O2. The SMILES string of the molecule is Cc1ccc(OCC(=O)N(C)C(C)C)c(CNC2CC2)n1. The molecule has 1 aromatic heterocycles. The van der Waals surface area contributed by atoms with Gasteiger partial charge in [-0.3, -0.25) is 9.78 Å². The lowest BCUT2D eigenvalue weighted by atomic mass is 10.2. The maximum atomic E-state index is 12.0. The Morgan fingerprint density at radius 1 is 1.48 bits per heavy atom. The molecule has 1 heterocycles. The van der Waals surface area contributed by atoms with Crippen LogP contribution in [0.3, 0.4) is 0 Å². The number of likely N-dealkylation sites (N-methyl/N-ethyl adjacent to an activating group) is 1. The van der Waals surface area contributed by atoms with Crippen molar-refractivity contribution in [3.05, 3.63) is 23.5 Å². The first-order valence-corrected chi connectivity index (χ1v) is 7.55. The fraction of sp³-hybridized carbons (Fsp3) is 0.625. The van der Waals surface area contributed by atoms with E-state index >= 15 is 0 Å². The van der Waals surface area contributed by atoms with Crippen LogP contribution >= 0.6 is 0 Å². The van der Waals surface area contributed by atoms with Gasteiger partial charge in [0, 0.05) is 31.4 Å². The molecule has 0 aromatic carbocycles. The third-order valence-electron chi connectivity index (χ3n) is 3.73. The molecule has 0 saturated heterocycles. The Labute approximate surface area is 126 Å². The van der Waals surface area contributed by atoms with Gasteiger partial charge < -0.3 is 15.0 Å². The Bertz CT molecular complexity index is 498. The lowest BCUT2D eigenvalue weighted by Gasteiger charge is -2.21. The van der Waals surface area contributed by atoms with Crippen LogP contribution in [0, 0.1) is 6.92 Å². The molecule has 21 heavy (non-hydrogen) atoms. The molecular weight excluding hydrogens is 266 g/mol. The van der Waals surface area contributed by atoms with E-state index in [1.54, 1.807) is 11.9 Å². The number of rotatable bonds is 7. The topological polar surface area (TPSA) is 54.5 Å². The van der Waals surface area contributed by atoms with Crippen molar-refractivity contribution in [3.63, 3.8) is 0 Å². The van der Waals surface area contributed by atoms with Crippen molar-refractivity contribution in [2.75, 3.05) is 13.7 Å². The number of amides is 1. The number of hydrogen-bond acceptors (Lipinski definition) is 4. The molecule has 116 valence electrons. The zero-order chi connectivity index (χ0) is 15.4. The van der Waals surface area contributed by atoms with Gasteiger partial charge in [-0.1, -0.05) is 0 Å². The van der Waals surface area contributed by atoms with Crippen molar-refractivity contribution in [3.8, 4) is 5.75 Å². The number of ether oxygens (including phenoxy) is 1. The molecule has 5 heteroatoms. The number of hydrogen-bond donors (Lipinski definition) is 1. The molecule has 1 aromatic rings. The molecule has 5 nitrogen and oxygen atoms in total. The van der Waals surface area contributed by atoms with Gasteiger partial charge in [-0.15, -0.1) is 0 Å². The third-order valence-corrected chi connectivity index (χ3v) is 3.73. The van der Waals surface area contributed by atoms with Crippen molar-refractivity contribution in [1.82, 2.24) is 15.2 Å². The smallest absolute Gasteiger partial charge is 0.260 e. The van der Waals surface area contributed by atoms with Crippen molar-refractivity contribution in [1.29, 1.82) is 0 Å². The predicted molar refractivity (Wildman–Crippen MR) is 82.2 cm³/mol. The van der Waals surface area contributed by atoms with E-state index in [2.05, 4.69) is 10.3 Å². The minimum Gasteiger partial charge on any atom is -0.482 e. The molecule has 2 rings (SSSR count). The van der Waals surface area contributed by atoms with Crippen LogP contribution in [0.25, 0.3) is 0 Å². The van der Waals surface area contributed by atoms with E-state index in [-0.39, 0.29) is 18.6 Å². The Balaban J connectivity index is 1.96. The molecule has 1 aliphatic rings. The van der Waals surface area contributed by atoms with Crippen LogP contribution in [0.5, 0.6) is 5.75 Å². The molecule has 1 N–H and O–H groups in total. The molecule has 1 fully saturated rings. The van der Waals surface area contributed by atoms with Gasteiger partial charge >= 0.3 is 0 Å². The Morgan fingerprint density at radius 2 is 2.19 bits per heavy atom. The van der Waals surface area contributed by atoms with E-state index in [4.69, 9.17) is 4.74 Å². The molecule has 0 bridgehead atoms. The molecule has 1 aliphatic carbocycles. The molecule has 1 saturated carbocycles. The fourth-order valence-electron chi connectivity index (χ4n) is 1.91. The average molecular weight is 291 g/mol. The summed E-state index contributed by atoms with van der Waals surface area (Å²) in [7, 11) is 1.79. The van der Waals surface area contributed by atoms with E-state index in [0.29, 0.717) is 18.3 Å². The largest absolute Gasteiger partial charge is 0.482 e. The van der Waals surface area contributed by atoms with Crippen LogP contribution in [0.2, 0.25) is 0 Å². The van der Waals surface area contributed by atoms with Crippen molar-refractivity contribution < 1.29 is 9.53 Å². The van der Waals surface area contributed by atoms with Crippen LogP contribution in [-0.2, 0) is 11.3 Å². The number of pyridine rings is 1. The van der Waals surface area contributed by atoms with Crippen LogP contribution in [0.15, 0.2) is 12.1 Å². The quantitative estimate of drug-likeness (QED) is 0.833. The Morgan fingerprint density at radius 3 is 2.81 bits per heavy atom. The summed E-state index contributed by atoms with van der Waals surface area (Å²) in [5.74, 6) is 0.672. The highest BCUT2D eigenvalue weighted by atomic mass is 16.5. The van der Waals surface area contributed by atoms with Gasteiger partial charge in [0.2, 0.25) is 0 Å². The van der Waals surface area contributed by atoms with Crippen molar-refractivity contribution in [2.24, 2.45) is 0 Å². The summed E-state index contributed by atoms with van der Waals surface area (Å²) < 4.78 is 5.68. The fourth-order valence-corrected chi connectivity index (χ4v) is 1.91. The Hall–Kier alpha value is -1.62. The van der Waals surface area contributed by atoms with Crippen LogP contribution < -0.4 is 10.1 Å². The minimum absolute atomic E-state index is 0.0216. The molecule has 0 spiro atoms. The summed E-state index contributed by atoms with van der Waals surface area (Å²) in [6.45, 7) is 6.67. The van der Waals surface area contributed by atoms with Crippen LogP contribution in [0.1, 0.15) is 38.1 Å². The summed E-state index contributed by atoms with van der Waals surface area (Å²) in [6, 6.07) is 4.60. The molecule has 0 atom stereocenters. The second-order valence-corrected chi connectivity index (χ2v) is 5.94. The zero-order valence-electron chi connectivity index (χ0n) is 13.3. The third kappa shape index (κ3) is 4.70. The first-order chi connectivity index (χ1) is 9.97. The van der Waals surface area contributed by atoms with E-state index < -0.39 is 0 Å². The number of nitrogens with zero attached hydrogens (tertiary/aromatic N) is 2. The molecule has 1 amide bonds. The summed E-state index contributed by atoms with van der Waals surface area (Å²) in [6.07, 6.45) is 2.47. The lowest BCUT2D eigenvalue weighted by Crippen LogP contribution is -2.36. The van der Waals surface area contributed by atoms with Gasteiger partial charge in [-0.2, -0.15) is 0 Å². The minimum atomic E-state index is -0.0216. The van der Waals surface area contributed by atoms with Gasteiger partial charge in [0.15, 0.2) is 6.61 Å². The monoisotopic (exact) mass is 291 g/mol. The average Bonchev–Trinajstić information content (AvgIpc) is 3.26. The number of aromatic nitrogens is 1. The van der Waals surface area contributed by atoms with Crippen molar-refractivity contribution >= 4 is 5.91 Å².